The van der Waals surface area contributed by atoms with Crippen molar-refractivity contribution in [2.45, 2.75) is 12.3 Å². The lowest BCUT2D eigenvalue weighted by Gasteiger charge is -2.09. The second-order valence-corrected chi connectivity index (χ2v) is 4.56. The number of hydrogen-bond acceptors (Lipinski definition) is 4. The lowest BCUT2D eigenvalue weighted by Crippen LogP contribution is -2.13. The van der Waals surface area contributed by atoms with E-state index in [0.29, 0.717) is 0 Å². The van der Waals surface area contributed by atoms with Crippen LogP contribution in [0.5, 0.6) is 0 Å². The minimum atomic E-state index is -0.333. The highest BCUT2D eigenvalue weighted by atomic mass is 32.1. The van der Waals surface area contributed by atoms with E-state index in [4.69, 9.17) is 5.73 Å². The fraction of sp³-hybridized carbons (Fsp3) is 0.167. The van der Waals surface area contributed by atoms with Gasteiger partial charge in [-0.25, -0.2) is 0 Å². The summed E-state index contributed by atoms with van der Waals surface area (Å²) < 4.78 is 3.81. The average Bonchev–Trinajstić information content (AvgIpc) is 2.82. The van der Waals surface area contributed by atoms with Crippen molar-refractivity contribution in [2.24, 2.45) is 5.73 Å². The fourth-order valence-electron chi connectivity index (χ4n) is 1.57. The van der Waals surface area contributed by atoms with E-state index in [2.05, 4.69) is 16.5 Å². The van der Waals surface area contributed by atoms with E-state index in [-0.39, 0.29) is 18.2 Å². The van der Waals surface area contributed by atoms with E-state index in [1.165, 1.54) is 11.5 Å². The van der Waals surface area contributed by atoms with Crippen LogP contribution in [0.4, 0.5) is 0 Å². The van der Waals surface area contributed by atoms with Gasteiger partial charge in [0.05, 0.1) is 11.1 Å². The van der Waals surface area contributed by atoms with Crippen LogP contribution < -0.4 is 5.73 Å². The monoisotopic (exact) mass is 246 g/mol. The van der Waals surface area contributed by atoms with Crippen LogP contribution in [0.15, 0.2) is 30.5 Å². The van der Waals surface area contributed by atoms with Crippen LogP contribution in [0.3, 0.4) is 0 Å². The lowest BCUT2D eigenvalue weighted by molar-refractivity contribution is -0.118. The maximum absolute atomic E-state index is 10.8. The minimum Gasteiger partial charge on any atom is -0.370 e. The minimum absolute atomic E-state index is 0.0962. The summed E-state index contributed by atoms with van der Waals surface area (Å²) in [4.78, 5) is 11.8. The van der Waals surface area contributed by atoms with Crippen molar-refractivity contribution in [3.63, 3.8) is 0 Å². The molecule has 1 unspecified atom stereocenters. The number of amides is 1. The molecule has 0 aliphatic carbocycles. The normalized spacial score (nSPS) is 12.3. The van der Waals surface area contributed by atoms with Crippen molar-refractivity contribution in [3.05, 3.63) is 42.9 Å². The molecular weight excluding hydrogens is 234 g/mol. The first-order chi connectivity index (χ1) is 8.16. The molecule has 1 heterocycles. The SMILES string of the molecule is [CH2]C(CC(N)=O)c1ccc(-c2cnns2)cc1. The number of aromatic nitrogens is 2. The summed E-state index contributed by atoms with van der Waals surface area (Å²) in [5.74, 6) is -0.429. The predicted molar refractivity (Wildman–Crippen MR) is 67.3 cm³/mol. The maximum atomic E-state index is 10.8. The van der Waals surface area contributed by atoms with Gasteiger partial charge in [-0.1, -0.05) is 28.8 Å². The standard InChI is InChI=1S/C12H12N3OS/c1-8(6-12(13)16)9-2-4-10(5-3-9)11-7-14-15-17-11/h2-5,7-8H,1,6H2,(H2,13,16). The number of nitrogens with zero attached hydrogens (tertiary/aromatic N) is 2. The average molecular weight is 246 g/mol. The number of hydrogen-bond donors (Lipinski definition) is 1. The van der Waals surface area contributed by atoms with Gasteiger partial charge in [0.2, 0.25) is 5.91 Å². The predicted octanol–water partition coefficient (Wildman–Crippen LogP) is 2.00. The molecule has 0 aliphatic rings. The Kier molecular flexibility index (Phi) is 3.49. The van der Waals surface area contributed by atoms with Gasteiger partial charge in [-0.3, -0.25) is 4.79 Å². The zero-order valence-corrected chi connectivity index (χ0v) is 9.98. The molecule has 1 aromatic heterocycles. The summed E-state index contributed by atoms with van der Waals surface area (Å²) in [5, 5.41) is 3.79. The summed E-state index contributed by atoms with van der Waals surface area (Å²) in [6.07, 6.45) is 1.99. The molecule has 87 valence electrons. The van der Waals surface area contributed by atoms with Crippen LogP contribution in [0.25, 0.3) is 10.4 Å². The summed E-state index contributed by atoms with van der Waals surface area (Å²) in [6, 6.07) is 7.86. The number of nitrogens with two attached hydrogens (primary N) is 1. The highest BCUT2D eigenvalue weighted by molar-refractivity contribution is 7.09. The molecular formula is C12H12N3OS. The first-order valence-electron chi connectivity index (χ1n) is 5.16. The third-order valence-corrected chi connectivity index (χ3v) is 3.19. The van der Waals surface area contributed by atoms with Crippen LogP contribution in [0, 0.1) is 6.92 Å². The number of primary amides is 1. The van der Waals surface area contributed by atoms with Gasteiger partial charge >= 0.3 is 0 Å². The Morgan fingerprint density at radius 3 is 2.65 bits per heavy atom. The van der Waals surface area contributed by atoms with Crippen molar-refractivity contribution in [2.75, 3.05) is 0 Å². The van der Waals surface area contributed by atoms with Crippen LogP contribution in [-0.4, -0.2) is 15.5 Å². The second kappa shape index (κ2) is 5.05. The number of carbonyl (C=O) groups excluding carboxylic acids is 1. The molecule has 4 nitrogen and oxygen atoms in total. The molecule has 0 saturated carbocycles. The summed E-state index contributed by atoms with van der Waals surface area (Å²) >= 11 is 1.35. The molecule has 1 amide bonds. The molecule has 0 saturated heterocycles. The molecule has 1 radical (unpaired) electrons. The van der Waals surface area contributed by atoms with E-state index < -0.39 is 0 Å². The topological polar surface area (TPSA) is 68.9 Å². The number of rotatable bonds is 4. The van der Waals surface area contributed by atoms with Crippen LogP contribution in [0.2, 0.25) is 0 Å². The van der Waals surface area contributed by atoms with Crippen LogP contribution in [-0.2, 0) is 4.79 Å². The third-order valence-electron chi connectivity index (χ3n) is 2.48. The molecule has 0 fully saturated rings. The smallest absolute Gasteiger partial charge is 0.218 e. The van der Waals surface area contributed by atoms with E-state index in [1.807, 2.05) is 24.3 Å². The summed E-state index contributed by atoms with van der Waals surface area (Å²) in [5.41, 5.74) is 7.21. The zero-order valence-electron chi connectivity index (χ0n) is 9.17. The van der Waals surface area contributed by atoms with Gasteiger partial charge in [-0.2, -0.15) is 0 Å². The van der Waals surface area contributed by atoms with Crippen LogP contribution >= 0.6 is 11.5 Å². The molecule has 0 aliphatic heterocycles. The van der Waals surface area contributed by atoms with Gasteiger partial charge in [-0.05, 0) is 35.5 Å². The van der Waals surface area contributed by atoms with Gasteiger partial charge in [0.15, 0.2) is 0 Å². The molecule has 17 heavy (non-hydrogen) atoms. The van der Waals surface area contributed by atoms with Crippen molar-refractivity contribution in [1.29, 1.82) is 0 Å². The van der Waals surface area contributed by atoms with Crippen molar-refractivity contribution < 1.29 is 4.79 Å². The van der Waals surface area contributed by atoms with Gasteiger partial charge in [0.1, 0.15) is 0 Å². The van der Waals surface area contributed by atoms with E-state index in [1.54, 1.807) is 6.20 Å². The van der Waals surface area contributed by atoms with Gasteiger partial charge in [0, 0.05) is 6.42 Å². The largest absolute Gasteiger partial charge is 0.370 e. The van der Waals surface area contributed by atoms with Gasteiger partial charge in [-0.15, -0.1) is 5.10 Å². The highest BCUT2D eigenvalue weighted by Crippen LogP contribution is 2.25. The Labute approximate surface area is 104 Å². The quantitative estimate of drug-likeness (QED) is 0.897. The number of carbonyl (C=O) groups is 1. The van der Waals surface area contributed by atoms with Gasteiger partial charge in [0.25, 0.3) is 0 Å². The van der Waals surface area contributed by atoms with Crippen molar-refractivity contribution >= 4 is 17.4 Å². The second-order valence-electron chi connectivity index (χ2n) is 3.77. The molecule has 2 aromatic rings. The molecule has 0 bridgehead atoms. The Morgan fingerprint density at radius 2 is 2.12 bits per heavy atom. The van der Waals surface area contributed by atoms with Gasteiger partial charge < -0.3 is 5.73 Å². The van der Waals surface area contributed by atoms with Crippen LogP contribution in [0.1, 0.15) is 17.9 Å². The van der Waals surface area contributed by atoms with Crippen molar-refractivity contribution in [3.8, 4) is 10.4 Å². The molecule has 2 rings (SSSR count). The van der Waals surface area contributed by atoms with E-state index >= 15 is 0 Å². The Balaban J connectivity index is 2.15. The molecule has 1 atom stereocenters. The fourth-order valence-corrected chi connectivity index (χ4v) is 2.09. The Bertz CT molecular complexity index is 493. The van der Waals surface area contributed by atoms with E-state index in [0.717, 1.165) is 16.0 Å². The Hall–Kier alpha value is -1.75. The molecule has 5 heteroatoms. The Morgan fingerprint density at radius 1 is 1.41 bits per heavy atom. The molecule has 1 aromatic carbocycles. The molecule has 0 spiro atoms. The first kappa shape index (κ1) is 11.7. The summed E-state index contributed by atoms with van der Waals surface area (Å²) in [7, 11) is 0. The van der Waals surface area contributed by atoms with E-state index in [9.17, 15) is 4.79 Å². The maximum Gasteiger partial charge on any atom is 0.218 e. The number of benzene rings is 1. The first-order valence-corrected chi connectivity index (χ1v) is 5.93. The molecule has 2 N–H and O–H groups in total. The van der Waals surface area contributed by atoms with Crippen molar-refractivity contribution in [1.82, 2.24) is 9.59 Å². The third kappa shape index (κ3) is 2.88. The summed E-state index contributed by atoms with van der Waals surface area (Å²) in [6.45, 7) is 3.92. The highest BCUT2D eigenvalue weighted by Gasteiger charge is 2.09. The zero-order chi connectivity index (χ0) is 12.3. The lowest BCUT2D eigenvalue weighted by atomic mass is 9.96.